The second-order valence-corrected chi connectivity index (χ2v) is 14.5. The number of rotatable bonds is 30. The second-order valence-electron chi connectivity index (χ2n) is 11.8. The largest absolute Gasteiger partial charge is 0.500 e. The number of hydrogen-bond acceptors (Lipinski definition) is 6. The molecule has 0 saturated carbocycles. The third-order valence-electron chi connectivity index (χ3n) is 8.17. The first kappa shape index (κ1) is 40.0. The van der Waals surface area contributed by atoms with Gasteiger partial charge in [-0.1, -0.05) is 41.5 Å². The van der Waals surface area contributed by atoms with Crippen molar-refractivity contribution in [1.82, 2.24) is 14.7 Å². The third-order valence-corrected chi connectivity index (χ3v) is 11.2. The molecule has 0 bridgehead atoms. The molecule has 40 heavy (non-hydrogen) atoms. The molecule has 0 aromatic heterocycles. The molecule has 0 aromatic carbocycles. The van der Waals surface area contributed by atoms with Crippen molar-refractivity contribution in [3.05, 3.63) is 0 Å². The summed E-state index contributed by atoms with van der Waals surface area (Å²) in [6.07, 6.45) is 12.2. The van der Waals surface area contributed by atoms with Crippen LogP contribution in [0.3, 0.4) is 0 Å². The van der Waals surface area contributed by atoms with Crippen LogP contribution in [-0.2, 0) is 13.3 Å². The Kier molecular flexibility index (Phi) is 25.5. The first-order valence-corrected chi connectivity index (χ1v) is 19.4. The molecule has 0 fully saturated rings. The van der Waals surface area contributed by atoms with Crippen LogP contribution in [-0.4, -0.2) is 102 Å². The van der Waals surface area contributed by atoms with Gasteiger partial charge < -0.3 is 28.0 Å². The summed E-state index contributed by atoms with van der Waals surface area (Å²) in [7, 11) is -2.71. The molecule has 6 nitrogen and oxygen atoms in total. The van der Waals surface area contributed by atoms with Crippen LogP contribution in [0.4, 0.5) is 0 Å². The predicted octanol–water partition coefficient (Wildman–Crippen LogP) is 7.95. The molecular weight excluding hydrogens is 514 g/mol. The van der Waals surface area contributed by atoms with E-state index in [1.54, 1.807) is 0 Å². The minimum atomic E-state index is -2.71. The molecule has 0 N–H and O–H groups in total. The quantitative estimate of drug-likeness (QED) is 0.0794. The Balaban J connectivity index is 6.32. The molecule has 7 heteroatoms. The molecule has 0 heterocycles. The summed E-state index contributed by atoms with van der Waals surface area (Å²) in [5.74, 6) is 0. The maximum absolute atomic E-state index is 6.38. The molecule has 0 aliphatic heterocycles. The molecule has 0 amide bonds. The van der Waals surface area contributed by atoms with Gasteiger partial charge in [-0.3, -0.25) is 0 Å². The molecule has 242 valence electrons. The van der Waals surface area contributed by atoms with Crippen LogP contribution >= 0.6 is 0 Å². The van der Waals surface area contributed by atoms with Gasteiger partial charge >= 0.3 is 8.80 Å². The second kappa shape index (κ2) is 25.5. The van der Waals surface area contributed by atoms with Crippen molar-refractivity contribution >= 4 is 8.80 Å². The van der Waals surface area contributed by atoms with E-state index in [9.17, 15) is 0 Å². The lowest BCUT2D eigenvalue weighted by atomic mass is 9.75. The Morgan fingerprint density at radius 1 is 0.400 bits per heavy atom. The van der Waals surface area contributed by atoms with Crippen LogP contribution in [0.2, 0.25) is 6.04 Å². The van der Waals surface area contributed by atoms with Crippen molar-refractivity contribution in [2.75, 3.05) is 78.7 Å². The van der Waals surface area contributed by atoms with Crippen LogP contribution in [0.25, 0.3) is 0 Å². The van der Waals surface area contributed by atoms with E-state index in [1.807, 2.05) is 0 Å². The van der Waals surface area contributed by atoms with E-state index in [0.717, 1.165) is 12.5 Å². The van der Waals surface area contributed by atoms with Crippen LogP contribution in [0, 0.1) is 5.41 Å². The number of hydrogen-bond donors (Lipinski definition) is 0. The Hall–Kier alpha value is -0.0231. The molecule has 0 saturated heterocycles. The molecule has 0 aliphatic rings. The minimum absolute atomic E-state index is 0.253. The average molecular weight is 588 g/mol. The molecule has 0 atom stereocenters. The summed E-state index contributed by atoms with van der Waals surface area (Å²) in [4.78, 5) is 8.16. The van der Waals surface area contributed by atoms with Crippen LogP contribution < -0.4 is 0 Å². The smallest absolute Gasteiger partial charge is 0.374 e. The van der Waals surface area contributed by atoms with Crippen molar-refractivity contribution in [1.29, 1.82) is 0 Å². The van der Waals surface area contributed by atoms with Gasteiger partial charge in [0, 0.05) is 25.9 Å². The normalized spacial score (nSPS) is 12.9. The Morgan fingerprint density at radius 3 is 0.900 bits per heavy atom. The van der Waals surface area contributed by atoms with E-state index < -0.39 is 8.80 Å². The fourth-order valence-electron chi connectivity index (χ4n) is 6.26. The Bertz CT molecular complexity index is 470. The first-order valence-electron chi connectivity index (χ1n) is 17.5. The Morgan fingerprint density at radius 2 is 0.675 bits per heavy atom. The minimum Gasteiger partial charge on any atom is -0.374 e. The standard InChI is InChI=1S/C33H73N3O3Si/c1-10-23-34(24-11-2)29-19-33(20-30-35(25-12-3)26-13-4,21-31-36(27-14-5)28-15-6)22-32-40(37-16-7,38-17-8)39-18-9/h10-32H2,1-9H3. The van der Waals surface area contributed by atoms with E-state index >= 15 is 0 Å². The zero-order chi connectivity index (χ0) is 30.1. The maximum Gasteiger partial charge on any atom is 0.500 e. The topological polar surface area (TPSA) is 37.4 Å². The van der Waals surface area contributed by atoms with Gasteiger partial charge in [-0.25, -0.2) is 0 Å². The summed E-state index contributed by atoms with van der Waals surface area (Å²) in [6, 6.07) is 0.924. The predicted molar refractivity (Wildman–Crippen MR) is 177 cm³/mol. The van der Waals surface area contributed by atoms with Crippen molar-refractivity contribution in [2.24, 2.45) is 5.41 Å². The molecule has 0 aliphatic carbocycles. The van der Waals surface area contributed by atoms with Crippen LogP contribution in [0.15, 0.2) is 0 Å². The zero-order valence-electron chi connectivity index (χ0n) is 28.8. The van der Waals surface area contributed by atoms with E-state index in [4.69, 9.17) is 13.3 Å². The molecule has 0 unspecified atom stereocenters. The van der Waals surface area contributed by atoms with Gasteiger partial charge in [0.15, 0.2) is 0 Å². The summed E-state index contributed by atoms with van der Waals surface area (Å²) in [5, 5.41) is 0. The van der Waals surface area contributed by atoms with Crippen molar-refractivity contribution in [3.63, 3.8) is 0 Å². The Labute approximate surface area is 253 Å². The maximum atomic E-state index is 6.38. The molecule has 0 spiro atoms. The van der Waals surface area contributed by atoms with Crippen molar-refractivity contribution < 1.29 is 13.3 Å². The highest BCUT2D eigenvalue weighted by atomic mass is 28.4. The third kappa shape index (κ3) is 17.2. The van der Waals surface area contributed by atoms with Crippen molar-refractivity contribution in [3.8, 4) is 0 Å². The molecule has 0 radical (unpaired) electrons. The number of nitrogens with zero attached hydrogens (tertiary/aromatic N) is 3. The summed E-state index contributed by atoms with van der Waals surface area (Å²) < 4.78 is 19.1. The fraction of sp³-hybridized carbons (Fsp3) is 1.00. The average Bonchev–Trinajstić information content (AvgIpc) is 2.93. The van der Waals surface area contributed by atoms with Gasteiger partial charge in [-0.15, -0.1) is 0 Å². The van der Waals surface area contributed by atoms with E-state index in [-0.39, 0.29) is 5.41 Å². The highest BCUT2D eigenvalue weighted by Gasteiger charge is 2.43. The SMILES string of the molecule is CCCN(CCC)CCC(CCN(CCC)CCC)(CCN(CCC)CCC)CC[Si](OCC)(OCC)OCC. The fourth-order valence-corrected chi connectivity index (χ4v) is 9.10. The van der Waals surface area contributed by atoms with E-state index in [0.29, 0.717) is 19.8 Å². The highest BCUT2D eigenvalue weighted by molar-refractivity contribution is 6.60. The highest BCUT2D eigenvalue weighted by Crippen LogP contribution is 2.40. The molecule has 0 aromatic rings. The van der Waals surface area contributed by atoms with Gasteiger partial charge in [0.2, 0.25) is 0 Å². The van der Waals surface area contributed by atoms with Gasteiger partial charge in [0.1, 0.15) is 0 Å². The summed E-state index contributed by atoms with van der Waals surface area (Å²) in [5.41, 5.74) is 0.253. The van der Waals surface area contributed by atoms with Crippen LogP contribution in [0.5, 0.6) is 0 Å². The lowest BCUT2D eigenvalue weighted by molar-refractivity contribution is 0.0599. The monoisotopic (exact) mass is 588 g/mol. The lowest BCUT2D eigenvalue weighted by Gasteiger charge is -2.41. The molecular formula is C33H73N3O3Si. The molecule has 0 rings (SSSR count). The zero-order valence-corrected chi connectivity index (χ0v) is 29.8. The lowest BCUT2D eigenvalue weighted by Crippen LogP contribution is -2.47. The first-order chi connectivity index (χ1) is 19.4. The van der Waals surface area contributed by atoms with Crippen molar-refractivity contribution in [2.45, 2.75) is 133 Å². The van der Waals surface area contributed by atoms with Gasteiger partial charge in [-0.2, -0.15) is 0 Å². The van der Waals surface area contributed by atoms with E-state index in [2.05, 4.69) is 77.0 Å². The van der Waals surface area contributed by atoms with Gasteiger partial charge in [-0.05, 0) is 149 Å². The summed E-state index contributed by atoms with van der Waals surface area (Å²) >= 11 is 0. The van der Waals surface area contributed by atoms with E-state index in [1.165, 1.54) is 117 Å². The van der Waals surface area contributed by atoms with Crippen LogP contribution in [0.1, 0.15) is 127 Å². The summed E-state index contributed by atoms with van der Waals surface area (Å²) in [6.45, 7) is 32.9. The van der Waals surface area contributed by atoms with Gasteiger partial charge in [0.05, 0.1) is 0 Å². The van der Waals surface area contributed by atoms with Gasteiger partial charge in [0.25, 0.3) is 0 Å².